The van der Waals surface area contributed by atoms with Crippen LogP contribution >= 0.6 is 0 Å². The Morgan fingerprint density at radius 1 is 1.42 bits per heavy atom. The van der Waals surface area contributed by atoms with E-state index in [1.807, 2.05) is 0 Å². The third-order valence-electron chi connectivity index (χ3n) is 2.47. The van der Waals surface area contributed by atoms with Gasteiger partial charge in [0.1, 0.15) is 17.5 Å². The van der Waals surface area contributed by atoms with Crippen molar-refractivity contribution in [2.45, 2.75) is 13.1 Å². The van der Waals surface area contributed by atoms with Crippen molar-refractivity contribution in [1.82, 2.24) is 9.97 Å². The Hall–Kier alpha value is -2.43. The first kappa shape index (κ1) is 13.0. The van der Waals surface area contributed by atoms with Gasteiger partial charge in [0.2, 0.25) is 0 Å². The lowest BCUT2D eigenvalue weighted by Crippen LogP contribution is -2.16. The Bertz CT molecular complexity index is 771. The van der Waals surface area contributed by atoms with Crippen LogP contribution in [0.2, 0.25) is 0 Å². The molecule has 0 spiro atoms. The van der Waals surface area contributed by atoms with Crippen LogP contribution in [0.1, 0.15) is 17.0 Å². The van der Waals surface area contributed by atoms with Gasteiger partial charge in [0.25, 0.3) is 5.56 Å². The highest BCUT2D eigenvalue weighted by Gasteiger charge is 2.36. The summed E-state index contributed by atoms with van der Waals surface area (Å²) in [6.45, 7) is 1.36. The van der Waals surface area contributed by atoms with Gasteiger partial charge in [-0.2, -0.15) is 18.4 Å². The van der Waals surface area contributed by atoms with Crippen LogP contribution in [-0.4, -0.2) is 9.97 Å². The summed E-state index contributed by atoms with van der Waals surface area (Å²) in [6, 6.07) is 1.70. The quantitative estimate of drug-likeness (QED) is 0.747. The zero-order valence-corrected chi connectivity index (χ0v) is 9.39. The molecule has 0 aliphatic rings. The van der Waals surface area contributed by atoms with Gasteiger partial charge >= 0.3 is 6.18 Å². The number of aromatic nitrogens is 2. The lowest BCUT2D eigenvalue weighted by Gasteiger charge is -2.10. The maximum Gasteiger partial charge on any atom is 0.419 e. The highest BCUT2D eigenvalue weighted by atomic mass is 19.4. The number of benzene rings is 1. The molecule has 8 heteroatoms. The molecule has 2 aromatic rings. The summed E-state index contributed by atoms with van der Waals surface area (Å²) in [5, 5.41) is 8.28. The molecule has 19 heavy (non-hydrogen) atoms. The van der Waals surface area contributed by atoms with E-state index in [4.69, 9.17) is 5.26 Å². The number of fused-ring (bicyclic) bond motifs is 1. The van der Waals surface area contributed by atoms with Gasteiger partial charge in [0.15, 0.2) is 5.82 Å². The molecule has 1 aromatic carbocycles. The molecule has 0 amide bonds. The molecule has 0 saturated heterocycles. The van der Waals surface area contributed by atoms with E-state index >= 15 is 0 Å². The molecule has 0 atom stereocenters. The SMILES string of the molecule is Cc1nc2cc(C(F)(F)F)c(F)c(C#N)c2c(=O)[nH]1. The average molecular weight is 271 g/mol. The van der Waals surface area contributed by atoms with Crippen LogP contribution in [0.3, 0.4) is 0 Å². The Labute approximate surface area is 103 Å². The zero-order chi connectivity index (χ0) is 14.4. The molecule has 4 nitrogen and oxygen atoms in total. The van der Waals surface area contributed by atoms with Crippen molar-refractivity contribution in [2.75, 3.05) is 0 Å². The van der Waals surface area contributed by atoms with E-state index in [1.165, 1.54) is 13.0 Å². The molecule has 0 saturated carbocycles. The largest absolute Gasteiger partial charge is 0.419 e. The summed E-state index contributed by atoms with van der Waals surface area (Å²) in [5.41, 5.74) is -3.80. The lowest BCUT2D eigenvalue weighted by molar-refractivity contribution is -0.139. The molecule has 1 aromatic heterocycles. The molecule has 1 N–H and O–H groups in total. The van der Waals surface area contributed by atoms with Gasteiger partial charge in [-0.1, -0.05) is 0 Å². The molecule has 1 heterocycles. The molecular weight excluding hydrogens is 266 g/mol. The number of hydrogen-bond acceptors (Lipinski definition) is 3. The van der Waals surface area contributed by atoms with Crippen LogP contribution in [0.15, 0.2) is 10.9 Å². The number of nitrogens with zero attached hydrogens (tertiary/aromatic N) is 2. The van der Waals surface area contributed by atoms with Crippen LogP contribution in [0, 0.1) is 24.1 Å². The van der Waals surface area contributed by atoms with E-state index in [9.17, 15) is 22.4 Å². The minimum absolute atomic E-state index is 0.0705. The monoisotopic (exact) mass is 271 g/mol. The third kappa shape index (κ3) is 2.03. The first-order valence-corrected chi connectivity index (χ1v) is 4.96. The zero-order valence-electron chi connectivity index (χ0n) is 9.39. The van der Waals surface area contributed by atoms with Crippen molar-refractivity contribution >= 4 is 10.9 Å². The topological polar surface area (TPSA) is 69.5 Å². The fourth-order valence-electron chi connectivity index (χ4n) is 1.71. The number of nitrogens with one attached hydrogen (secondary N) is 1. The number of aryl methyl sites for hydroxylation is 1. The second-order valence-corrected chi connectivity index (χ2v) is 3.77. The summed E-state index contributed by atoms with van der Waals surface area (Å²) in [7, 11) is 0. The predicted molar refractivity (Wildman–Crippen MR) is 56.8 cm³/mol. The van der Waals surface area contributed by atoms with Crippen molar-refractivity contribution in [3.05, 3.63) is 39.2 Å². The molecule has 0 fully saturated rings. The van der Waals surface area contributed by atoms with E-state index in [1.54, 1.807) is 0 Å². The molecule has 0 radical (unpaired) electrons. The van der Waals surface area contributed by atoms with E-state index in [-0.39, 0.29) is 11.3 Å². The molecule has 0 unspecified atom stereocenters. The van der Waals surface area contributed by atoms with Gasteiger partial charge in [0, 0.05) is 0 Å². The molecule has 98 valence electrons. The van der Waals surface area contributed by atoms with Gasteiger partial charge < -0.3 is 4.98 Å². The summed E-state index contributed by atoms with van der Waals surface area (Å²) in [4.78, 5) is 17.5. The standard InChI is InChI=1S/C11H5F4N3O/c1-4-17-7-2-6(11(13,14)15)9(12)5(3-16)8(7)10(19)18-4/h2H,1H3,(H,17,18,19). The van der Waals surface area contributed by atoms with Gasteiger partial charge in [-0.05, 0) is 13.0 Å². The average Bonchev–Trinajstić information content (AvgIpc) is 2.27. The number of rotatable bonds is 0. The van der Waals surface area contributed by atoms with Gasteiger partial charge in [0.05, 0.1) is 16.5 Å². The highest BCUT2D eigenvalue weighted by molar-refractivity contribution is 5.85. The normalized spacial score (nSPS) is 11.6. The first-order valence-electron chi connectivity index (χ1n) is 4.96. The number of H-pyrrole nitrogens is 1. The van der Waals surface area contributed by atoms with E-state index in [2.05, 4.69) is 9.97 Å². The van der Waals surface area contributed by atoms with Crippen LogP contribution < -0.4 is 5.56 Å². The fraction of sp³-hybridized carbons (Fsp3) is 0.182. The third-order valence-corrected chi connectivity index (χ3v) is 2.47. The Kier molecular flexibility index (Phi) is 2.77. The second-order valence-electron chi connectivity index (χ2n) is 3.77. The maximum absolute atomic E-state index is 13.7. The minimum atomic E-state index is -4.97. The predicted octanol–water partition coefficient (Wildman–Crippen LogP) is 2.26. The second kappa shape index (κ2) is 4.05. The van der Waals surface area contributed by atoms with Gasteiger partial charge in [-0.25, -0.2) is 9.37 Å². The van der Waals surface area contributed by atoms with E-state index in [0.717, 1.165) is 0 Å². The number of alkyl halides is 3. The van der Waals surface area contributed by atoms with E-state index in [0.29, 0.717) is 6.07 Å². The van der Waals surface area contributed by atoms with Crippen LogP contribution in [0.25, 0.3) is 10.9 Å². The smallest absolute Gasteiger partial charge is 0.310 e. The molecular formula is C11H5F4N3O. The summed E-state index contributed by atoms with van der Waals surface area (Å²) in [5.74, 6) is -1.69. The number of hydrogen-bond donors (Lipinski definition) is 1. The molecule has 0 bridgehead atoms. The number of halogens is 4. The maximum atomic E-state index is 13.7. The summed E-state index contributed by atoms with van der Waals surface area (Å²) in [6.07, 6.45) is -4.97. The highest BCUT2D eigenvalue weighted by Crippen LogP contribution is 2.34. The lowest BCUT2D eigenvalue weighted by atomic mass is 10.0. The Balaban J connectivity index is 3.05. The fourth-order valence-corrected chi connectivity index (χ4v) is 1.71. The number of aromatic amines is 1. The van der Waals surface area contributed by atoms with Gasteiger partial charge in [-0.3, -0.25) is 4.79 Å². The van der Waals surface area contributed by atoms with Crippen LogP contribution in [0.4, 0.5) is 17.6 Å². The van der Waals surface area contributed by atoms with Crippen LogP contribution in [0.5, 0.6) is 0 Å². The van der Waals surface area contributed by atoms with Crippen LogP contribution in [-0.2, 0) is 6.18 Å². The summed E-state index contributed by atoms with van der Waals surface area (Å²) >= 11 is 0. The molecule has 0 aliphatic heterocycles. The van der Waals surface area contributed by atoms with Crippen molar-refractivity contribution in [1.29, 1.82) is 5.26 Å². The van der Waals surface area contributed by atoms with Crippen molar-refractivity contribution in [3.8, 4) is 6.07 Å². The van der Waals surface area contributed by atoms with Crippen molar-refractivity contribution < 1.29 is 17.6 Å². The summed E-state index contributed by atoms with van der Waals surface area (Å²) < 4.78 is 51.5. The van der Waals surface area contributed by atoms with Gasteiger partial charge in [-0.15, -0.1) is 0 Å². The number of nitriles is 1. The van der Waals surface area contributed by atoms with Crippen molar-refractivity contribution in [3.63, 3.8) is 0 Å². The van der Waals surface area contributed by atoms with Crippen molar-refractivity contribution in [2.24, 2.45) is 0 Å². The minimum Gasteiger partial charge on any atom is -0.310 e. The van der Waals surface area contributed by atoms with E-state index < -0.39 is 34.1 Å². The Morgan fingerprint density at radius 3 is 2.58 bits per heavy atom. The first-order chi connectivity index (χ1) is 8.75. The molecule has 0 aliphatic carbocycles. The molecule has 2 rings (SSSR count). The Morgan fingerprint density at radius 2 is 2.05 bits per heavy atom.